The Morgan fingerprint density at radius 2 is 2.00 bits per heavy atom. The molecule has 0 radical (unpaired) electrons. The molecule has 2 aliphatic heterocycles. The number of rotatable bonds is 5. The Labute approximate surface area is 191 Å². The Morgan fingerprint density at radius 1 is 1.13 bits per heavy atom. The van der Waals surface area contributed by atoms with E-state index < -0.39 is 0 Å². The zero-order valence-electron chi connectivity index (χ0n) is 19.2. The number of nitrogens with two attached hydrogens (primary N) is 1. The van der Waals surface area contributed by atoms with Crippen LogP contribution in [0.5, 0.6) is 0 Å². The highest BCUT2D eigenvalue weighted by molar-refractivity contribution is 7.99. The van der Waals surface area contributed by atoms with E-state index in [9.17, 15) is 4.79 Å². The van der Waals surface area contributed by atoms with Crippen molar-refractivity contribution in [1.29, 1.82) is 0 Å². The molecule has 0 bridgehead atoms. The topological polar surface area (TPSA) is 64.9 Å². The van der Waals surface area contributed by atoms with E-state index in [-0.39, 0.29) is 17.0 Å². The summed E-state index contributed by atoms with van der Waals surface area (Å²) in [6.07, 6.45) is 14.0. The number of carbonyl (C=O) groups excluding carboxylic acids is 1. The summed E-state index contributed by atoms with van der Waals surface area (Å²) < 4.78 is 12.0. The molecule has 5 heteroatoms. The Hall–Kier alpha value is -0.520. The summed E-state index contributed by atoms with van der Waals surface area (Å²) in [7, 11) is 0. The van der Waals surface area contributed by atoms with Crippen molar-refractivity contribution in [3.8, 4) is 0 Å². The maximum atomic E-state index is 11.8. The van der Waals surface area contributed by atoms with Gasteiger partial charge in [0.15, 0.2) is 0 Å². The normalized spacial score (nSPS) is 52.5. The molecule has 4 nitrogen and oxygen atoms in total. The summed E-state index contributed by atoms with van der Waals surface area (Å²) in [6.45, 7) is 6.47. The molecule has 0 unspecified atom stereocenters. The Bertz CT molecular complexity index is 800. The maximum Gasteiger partial charge on any atom is 0.331 e. The first kappa shape index (κ1) is 21.0. The average molecular weight is 446 g/mol. The second-order valence-corrected chi connectivity index (χ2v) is 13.3. The second-order valence-electron chi connectivity index (χ2n) is 11.9. The quantitative estimate of drug-likeness (QED) is 0.377. The predicted molar refractivity (Wildman–Crippen MR) is 124 cm³/mol. The van der Waals surface area contributed by atoms with Gasteiger partial charge in [-0.25, -0.2) is 4.79 Å². The molecule has 9 atom stereocenters. The average Bonchev–Trinajstić information content (AvgIpc) is 3.21. The van der Waals surface area contributed by atoms with Crippen LogP contribution in [0.3, 0.4) is 0 Å². The van der Waals surface area contributed by atoms with Gasteiger partial charge < -0.3 is 15.2 Å². The van der Waals surface area contributed by atoms with E-state index in [1.807, 2.05) is 0 Å². The van der Waals surface area contributed by atoms with Gasteiger partial charge in [0.05, 0.1) is 6.10 Å². The fourth-order valence-electron chi connectivity index (χ4n) is 9.29. The van der Waals surface area contributed by atoms with Crippen molar-refractivity contribution in [2.24, 2.45) is 40.2 Å². The molecule has 4 saturated carbocycles. The van der Waals surface area contributed by atoms with E-state index in [0.29, 0.717) is 30.0 Å². The summed E-state index contributed by atoms with van der Waals surface area (Å²) in [5.41, 5.74) is 7.71. The predicted octanol–water partition coefficient (Wildman–Crippen LogP) is 4.71. The summed E-state index contributed by atoms with van der Waals surface area (Å²) in [4.78, 5) is 11.8. The highest BCUT2D eigenvalue weighted by Gasteiger charge is 2.80. The first-order valence-electron chi connectivity index (χ1n) is 12.8. The zero-order chi connectivity index (χ0) is 21.4. The van der Waals surface area contributed by atoms with Crippen LogP contribution in [-0.4, -0.2) is 41.8 Å². The lowest BCUT2D eigenvalue weighted by Crippen LogP contribution is -2.58. The van der Waals surface area contributed by atoms with Crippen LogP contribution in [0.15, 0.2) is 11.6 Å². The van der Waals surface area contributed by atoms with Gasteiger partial charge in [0.2, 0.25) is 0 Å². The van der Waals surface area contributed by atoms with Gasteiger partial charge in [-0.15, -0.1) is 0 Å². The molecule has 0 aromatic carbocycles. The molecule has 1 spiro atoms. The van der Waals surface area contributed by atoms with Gasteiger partial charge >= 0.3 is 5.97 Å². The first-order valence-corrected chi connectivity index (χ1v) is 13.8. The minimum absolute atomic E-state index is 0.0771. The molecular formula is C26H39NO3S. The van der Waals surface area contributed by atoms with Crippen LogP contribution in [0.2, 0.25) is 0 Å². The number of ether oxygens (including phenoxy) is 2. The van der Waals surface area contributed by atoms with Crippen molar-refractivity contribution in [2.45, 2.75) is 88.6 Å². The highest BCUT2D eigenvalue weighted by atomic mass is 32.2. The van der Waals surface area contributed by atoms with Crippen molar-refractivity contribution in [1.82, 2.24) is 0 Å². The summed E-state index contributed by atoms with van der Waals surface area (Å²) >= 11 is 2.19. The van der Waals surface area contributed by atoms with E-state index >= 15 is 0 Å². The Morgan fingerprint density at radius 3 is 2.77 bits per heavy atom. The fraction of sp³-hybridized carbons (Fsp3) is 0.885. The Kier molecular flexibility index (Phi) is 4.91. The number of carbonyl (C=O) groups is 1. The fourth-order valence-corrected chi connectivity index (χ4v) is 10.6. The number of cyclic esters (lactones) is 1. The van der Waals surface area contributed by atoms with Crippen LogP contribution in [0, 0.1) is 34.5 Å². The summed E-state index contributed by atoms with van der Waals surface area (Å²) in [5.74, 6) is 3.97. The standard InChI is InChI=1S/C26H39NO3S/c1-24-8-6-18(31-11-3-10-27)13-17(24)4-5-20-19(24)7-9-25(2)21(14-22-26(20,25)30-22)16-12-23(28)29-15-16/h12,17-22H,3-11,13-15,27H2,1-2H3/t17-,18+,19+,20-,21-,22-,24+,25-,26-/m1/s1. The van der Waals surface area contributed by atoms with Crippen molar-refractivity contribution in [2.75, 3.05) is 18.9 Å². The highest BCUT2D eigenvalue weighted by Crippen LogP contribution is 2.77. The lowest BCUT2D eigenvalue weighted by molar-refractivity contribution is -0.135. The summed E-state index contributed by atoms with van der Waals surface area (Å²) in [6, 6.07) is 0. The van der Waals surface area contributed by atoms with Gasteiger partial charge in [-0.05, 0) is 105 Å². The molecule has 172 valence electrons. The van der Waals surface area contributed by atoms with Crippen LogP contribution < -0.4 is 5.73 Å². The van der Waals surface area contributed by atoms with E-state index in [1.54, 1.807) is 6.08 Å². The van der Waals surface area contributed by atoms with Gasteiger partial charge in [0.25, 0.3) is 0 Å². The van der Waals surface area contributed by atoms with Crippen molar-refractivity contribution < 1.29 is 14.3 Å². The van der Waals surface area contributed by atoms with Crippen molar-refractivity contribution in [3.05, 3.63) is 11.6 Å². The lowest BCUT2D eigenvalue weighted by Gasteiger charge is -2.61. The first-order chi connectivity index (χ1) is 14.9. The molecule has 4 aliphatic carbocycles. The van der Waals surface area contributed by atoms with Gasteiger partial charge in [-0.1, -0.05) is 13.8 Å². The van der Waals surface area contributed by atoms with Gasteiger partial charge in [0, 0.05) is 16.7 Å². The van der Waals surface area contributed by atoms with Crippen molar-refractivity contribution >= 4 is 17.7 Å². The van der Waals surface area contributed by atoms with E-state index in [0.717, 1.165) is 36.5 Å². The minimum atomic E-state index is -0.142. The van der Waals surface area contributed by atoms with Crippen LogP contribution >= 0.6 is 11.8 Å². The van der Waals surface area contributed by atoms with Gasteiger partial charge in [-0.3, -0.25) is 0 Å². The number of hydrogen-bond donors (Lipinski definition) is 1. The zero-order valence-corrected chi connectivity index (χ0v) is 20.1. The van der Waals surface area contributed by atoms with Crippen LogP contribution in [-0.2, 0) is 14.3 Å². The molecule has 5 fully saturated rings. The molecule has 1 saturated heterocycles. The number of thioether (sulfide) groups is 1. The van der Waals surface area contributed by atoms with Crippen molar-refractivity contribution in [3.63, 3.8) is 0 Å². The molecule has 31 heavy (non-hydrogen) atoms. The molecule has 2 heterocycles. The molecular weight excluding hydrogens is 406 g/mol. The molecule has 0 amide bonds. The van der Waals surface area contributed by atoms with Gasteiger partial charge in [0.1, 0.15) is 12.2 Å². The Balaban J connectivity index is 1.22. The largest absolute Gasteiger partial charge is 0.458 e. The lowest BCUT2D eigenvalue weighted by atomic mass is 9.44. The smallest absolute Gasteiger partial charge is 0.331 e. The molecule has 6 aliphatic rings. The van der Waals surface area contributed by atoms with Crippen LogP contribution in [0.4, 0.5) is 0 Å². The number of fused-ring (bicyclic) bond motifs is 3. The monoisotopic (exact) mass is 445 g/mol. The van der Waals surface area contributed by atoms with E-state index in [4.69, 9.17) is 15.2 Å². The van der Waals surface area contributed by atoms with Crippen LogP contribution in [0.1, 0.15) is 71.6 Å². The SMILES string of the molecule is C[C@]12CC[C@H](SCCCN)C[C@H]1CC[C@@H]1[C@@H]2CC[C@]2(C)[C@@H](C3=CC(=O)OC3)C[C@H]3O[C@]132. The van der Waals surface area contributed by atoms with E-state index in [1.165, 1.54) is 56.3 Å². The molecule has 0 aromatic heterocycles. The third-order valence-electron chi connectivity index (χ3n) is 10.9. The van der Waals surface area contributed by atoms with Crippen LogP contribution in [0.25, 0.3) is 0 Å². The molecule has 0 aromatic rings. The molecule has 6 rings (SSSR count). The number of esters is 1. The minimum Gasteiger partial charge on any atom is -0.458 e. The second kappa shape index (κ2) is 7.24. The van der Waals surface area contributed by atoms with Gasteiger partial charge in [-0.2, -0.15) is 11.8 Å². The number of hydrogen-bond acceptors (Lipinski definition) is 5. The third kappa shape index (κ3) is 2.84. The summed E-state index contributed by atoms with van der Waals surface area (Å²) in [5, 5.41) is 0.848. The third-order valence-corrected chi connectivity index (χ3v) is 12.3. The number of epoxide rings is 1. The maximum absolute atomic E-state index is 11.8. The van der Waals surface area contributed by atoms with E-state index in [2.05, 4.69) is 25.6 Å². The molecule has 2 N–H and O–H groups in total.